The SMILES string of the molecule is CN=C(NCCc1c(F)cccc1Cl)NC1CCCC(C(=O)NC2CC2)C1.I. The number of nitrogens with one attached hydrogen (secondary N) is 3. The van der Waals surface area contributed by atoms with Crippen molar-refractivity contribution in [3.05, 3.63) is 34.6 Å². The zero-order chi connectivity index (χ0) is 19.2. The summed E-state index contributed by atoms with van der Waals surface area (Å²) in [6, 6.07) is 5.35. The fraction of sp³-hybridized carbons (Fsp3) is 0.600. The summed E-state index contributed by atoms with van der Waals surface area (Å²) in [5, 5.41) is 10.2. The monoisotopic (exact) mass is 522 g/mol. The molecule has 1 amide bonds. The molecule has 0 aliphatic heterocycles. The molecule has 0 spiro atoms. The highest BCUT2D eigenvalue weighted by atomic mass is 127. The molecule has 0 saturated heterocycles. The van der Waals surface area contributed by atoms with Gasteiger partial charge in [-0.3, -0.25) is 9.79 Å². The highest BCUT2D eigenvalue weighted by molar-refractivity contribution is 14.0. The van der Waals surface area contributed by atoms with Gasteiger partial charge in [0, 0.05) is 42.2 Å². The smallest absolute Gasteiger partial charge is 0.223 e. The van der Waals surface area contributed by atoms with Crippen LogP contribution >= 0.6 is 35.6 Å². The normalized spacial score (nSPS) is 22.2. The van der Waals surface area contributed by atoms with Crippen LogP contribution in [0, 0.1) is 11.7 Å². The van der Waals surface area contributed by atoms with E-state index in [0.29, 0.717) is 35.6 Å². The third-order valence-electron chi connectivity index (χ3n) is 5.26. The van der Waals surface area contributed by atoms with Crippen LogP contribution in [-0.2, 0) is 11.2 Å². The van der Waals surface area contributed by atoms with Crippen LogP contribution in [-0.4, -0.2) is 37.5 Å². The van der Waals surface area contributed by atoms with Crippen LogP contribution in [0.5, 0.6) is 0 Å². The molecule has 0 bridgehead atoms. The van der Waals surface area contributed by atoms with E-state index in [4.69, 9.17) is 11.6 Å². The average molecular weight is 523 g/mol. The first-order valence-corrected chi connectivity index (χ1v) is 10.1. The van der Waals surface area contributed by atoms with Gasteiger partial charge in [0.15, 0.2) is 5.96 Å². The Balaban J connectivity index is 0.00000280. The van der Waals surface area contributed by atoms with Gasteiger partial charge < -0.3 is 16.0 Å². The molecule has 8 heteroatoms. The second kappa shape index (κ2) is 11.2. The molecule has 5 nitrogen and oxygen atoms in total. The van der Waals surface area contributed by atoms with Gasteiger partial charge in [0.1, 0.15) is 5.82 Å². The number of halogens is 3. The van der Waals surface area contributed by atoms with Crippen molar-refractivity contribution in [3.63, 3.8) is 0 Å². The lowest BCUT2D eigenvalue weighted by Crippen LogP contribution is -2.47. The number of hydrogen-bond acceptors (Lipinski definition) is 2. The summed E-state index contributed by atoms with van der Waals surface area (Å²) in [6.45, 7) is 0.526. The van der Waals surface area contributed by atoms with Gasteiger partial charge in [-0.05, 0) is 50.7 Å². The maximum absolute atomic E-state index is 13.8. The van der Waals surface area contributed by atoms with Crippen molar-refractivity contribution in [2.24, 2.45) is 10.9 Å². The van der Waals surface area contributed by atoms with Gasteiger partial charge in [-0.15, -0.1) is 24.0 Å². The Bertz CT molecular complexity index is 679. The summed E-state index contributed by atoms with van der Waals surface area (Å²) in [6.07, 6.45) is 6.52. The number of benzene rings is 1. The molecular weight excluding hydrogens is 494 g/mol. The van der Waals surface area contributed by atoms with E-state index in [-0.39, 0.29) is 47.7 Å². The predicted octanol–water partition coefficient (Wildman–Crippen LogP) is 3.64. The minimum absolute atomic E-state index is 0. The van der Waals surface area contributed by atoms with Gasteiger partial charge in [0.25, 0.3) is 0 Å². The van der Waals surface area contributed by atoms with Gasteiger partial charge in [-0.25, -0.2) is 4.39 Å². The van der Waals surface area contributed by atoms with Gasteiger partial charge in [-0.2, -0.15) is 0 Å². The Hall–Kier alpha value is -1.09. The molecule has 2 atom stereocenters. The Labute approximate surface area is 188 Å². The minimum Gasteiger partial charge on any atom is -0.356 e. The van der Waals surface area contributed by atoms with Crippen LogP contribution < -0.4 is 16.0 Å². The zero-order valence-corrected chi connectivity index (χ0v) is 19.2. The molecule has 0 radical (unpaired) electrons. The van der Waals surface area contributed by atoms with Crippen LogP contribution in [0.1, 0.15) is 44.1 Å². The van der Waals surface area contributed by atoms with E-state index in [9.17, 15) is 9.18 Å². The molecule has 1 aromatic rings. The molecule has 156 valence electrons. The molecule has 2 saturated carbocycles. The Morgan fingerprint density at radius 1 is 1.21 bits per heavy atom. The molecule has 2 aliphatic rings. The standard InChI is InChI=1S/C20H28ClFN4O.HI/c1-23-20(24-11-10-16-17(21)6-3-7-18(16)22)26-15-5-2-4-13(12-15)19(27)25-14-8-9-14;/h3,6-7,13-15H,2,4-5,8-12H2,1H3,(H,25,27)(H2,23,24,26);1H. The second-order valence-corrected chi connectivity index (χ2v) is 7.84. The van der Waals surface area contributed by atoms with Gasteiger partial charge in [0.05, 0.1) is 0 Å². The first-order valence-electron chi connectivity index (χ1n) is 9.77. The largest absolute Gasteiger partial charge is 0.356 e. The van der Waals surface area contributed by atoms with Gasteiger partial charge >= 0.3 is 0 Å². The fourth-order valence-corrected chi connectivity index (χ4v) is 3.83. The number of carbonyl (C=O) groups is 1. The summed E-state index contributed by atoms with van der Waals surface area (Å²) in [5.41, 5.74) is 0.511. The third-order valence-corrected chi connectivity index (χ3v) is 5.62. The van der Waals surface area contributed by atoms with Gasteiger partial charge in [-0.1, -0.05) is 24.1 Å². The summed E-state index contributed by atoms with van der Waals surface area (Å²) < 4.78 is 13.8. The lowest BCUT2D eigenvalue weighted by molar-refractivity contribution is -0.126. The zero-order valence-electron chi connectivity index (χ0n) is 16.1. The minimum atomic E-state index is -0.288. The Morgan fingerprint density at radius 3 is 2.68 bits per heavy atom. The van der Waals surface area contributed by atoms with Crippen molar-refractivity contribution in [2.45, 2.75) is 57.0 Å². The third kappa shape index (κ3) is 6.76. The molecule has 3 N–H and O–H groups in total. The molecule has 1 aromatic carbocycles. The van der Waals surface area contributed by atoms with Crippen molar-refractivity contribution in [1.29, 1.82) is 0 Å². The molecule has 0 aromatic heterocycles. The van der Waals surface area contributed by atoms with E-state index in [0.717, 1.165) is 38.5 Å². The number of hydrogen-bond donors (Lipinski definition) is 3. The van der Waals surface area contributed by atoms with Crippen molar-refractivity contribution < 1.29 is 9.18 Å². The highest BCUT2D eigenvalue weighted by Gasteiger charge is 2.31. The van der Waals surface area contributed by atoms with Crippen molar-refractivity contribution in [1.82, 2.24) is 16.0 Å². The number of carbonyl (C=O) groups excluding carboxylic acids is 1. The lowest BCUT2D eigenvalue weighted by Gasteiger charge is -2.30. The predicted molar refractivity (Wildman–Crippen MR) is 122 cm³/mol. The first kappa shape index (κ1) is 23.2. The van der Waals surface area contributed by atoms with Crippen molar-refractivity contribution >= 4 is 47.4 Å². The molecule has 2 fully saturated rings. The lowest BCUT2D eigenvalue weighted by atomic mass is 9.85. The van der Waals surface area contributed by atoms with Crippen LogP contribution in [0.4, 0.5) is 4.39 Å². The van der Waals surface area contributed by atoms with E-state index in [1.807, 2.05) is 0 Å². The number of guanidine groups is 1. The first-order chi connectivity index (χ1) is 13.1. The number of rotatable bonds is 6. The summed E-state index contributed by atoms with van der Waals surface area (Å²) in [5.74, 6) is 0.660. The van der Waals surface area contributed by atoms with E-state index in [2.05, 4.69) is 20.9 Å². The van der Waals surface area contributed by atoms with Crippen LogP contribution in [0.25, 0.3) is 0 Å². The summed E-state index contributed by atoms with van der Waals surface area (Å²) >= 11 is 6.07. The average Bonchev–Trinajstić information content (AvgIpc) is 3.47. The summed E-state index contributed by atoms with van der Waals surface area (Å²) in [7, 11) is 1.71. The molecule has 28 heavy (non-hydrogen) atoms. The Morgan fingerprint density at radius 2 is 2.00 bits per heavy atom. The summed E-state index contributed by atoms with van der Waals surface area (Å²) in [4.78, 5) is 16.6. The van der Waals surface area contributed by atoms with E-state index in [1.54, 1.807) is 19.2 Å². The molecule has 0 heterocycles. The second-order valence-electron chi connectivity index (χ2n) is 7.44. The Kier molecular flexibility index (Phi) is 9.27. The number of nitrogens with zero attached hydrogens (tertiary/aromatic N) is 1. The molecule has 2 aliphatic carbocycles. The van der Waals surface area contributed by atoms with E-state index >= 15 is 0 Å². The molecule has 3 rings (SSSR count). The van der Waals surface area contributed by atoms with Crippen molar-refractivity contribution in [2.75, 3.05) is 13.6 Å². The van der Waals surface area contributed by atoms with Crippen LogP contribution in [0.15, 0.2) is 23.2 Å². The van der Waals surface area contributed by atoms with E-state index < -0.39 is 0 Å². The van der Waals surface area contributed by atoms with Gasteiger partial charge in [0.2, 0.25) is 5.91 Å². The fourth-order valence-electron chi connectivity index (χ4n) is 3.57. The van der Waals surface area contributed by atoms with Crippen molar-refractivity contribution in [3.8, 4) is 0 Å². The van der Waals surface area contributed by atoms with Crippen LogP contribution in [0.3, 0.4) is 0 Å². The quantitative estimate of drug-likeness (QED) is 0.304. The number of aliphatic imine (C=N–C) groups is 1. The maximum Gasteiger partial charge on any atom is 0.223 e. The highest BCUT2D eigenvalue weighted by Crippen LogP contribution is 2.26. The molecular formula is C20H29ClFIN4O. The number of amides is 1. The van der Waals surface area contributed by atoms with E-state index in [1.165, 1.54) is 6.07 Å². The maximum atomic E-state index is 13.8. The molecule has 2 unspecified atom stereocenters. The van der Waals surface area contributed by atoms with Crippen LogP contribution in [0.2, 0.25) is 5.02 Å². The topological polar surface area (TPSA) is 65.5 Å².